The zero-order chi connectivity index (χ0) is 21.8. The van der Waals surface area contributed by atoms with E-state index in [9.17, 15) is 19.5 Å². The number of thioether (sulfide) groups is 1. The first-order valence-electron chi connectivity index (χ1n) is 9.49. The molecule has 0 radical (unpaired) electrons. The highest BCUT2D eigenvalue weighted by Crippen LogP contribution is 2.40. The van der Waals surface area contributed by atoms with Gasteiger partial charge in [0.1, 0.15) is 23.2 Å². The third-order valence-electron chi connectivity index (χ3n) is 3.77. The van der Waals surface area contributed by atoms with E-state index < -0.39 is 65.5 Å². The van der Waals surface area contributed by atoms with Crippen LogP contribution >= 0.6 is 11.8 Å². The second-order valence-corrected chi connectivity index (χ2v) is 6.45. The first-order valence-corrected chi connectivity index (χ1v) is 8.04. The Morgan fingerprint density at radius 3 is 2.68 bits per heavy atom. The number of aliphatic carboxylic acids is 1. The van der Waals surface area contributed by atoms with Crippen LogP contribution in [0.2, 0.25) is 0 Å². The second kappa shape index (κ2) is 7.26. The first-order chi connectivity index (χ1) is 13.5. The lowest BCUT2D eigenvalue weighted by Gasteiger charge is -2.49. The van der Waals surface area contributed by atoms with Crippen LogP contribution in [0.5, 0.6) is 0 Å². The number of benzene rings is 1. The molecule has 1 saturated heterocycles. The van der Waals surface area contributed by atoms with Gasteiger partial charge in [0.05, 0.1) is 6.85 Å². The summed E-state index contributed by atoms with van der Waals surface area (Å²) >= 11 is 1.29. The van der Waals surface area contributed by atoms with Crippen molar-refractivity contribution in [3.8, 4) is 0 Å². The molecule has 1 unspecified atom stereocenters. The Labute approximate surface area is 155 Å². The van der Waals surface area contributed by atoms with E-state index in [0.717, 1.165) is 4.90 Å². The average molecular weight is 370 g/mol. The standard InChI is InChI=1S/C16H17N3O4S.H2O/c1-8-7-24-15-11(14(21)19(15)12(8)16(22)23)18-13(20)10(17)9-5-3-2-4-6-9;/h2-6,10-11,15H,7,17H2,1H3,(H,18,20)(H,22,23);1H2/t10-,11-,15?;/m1./s1/i2D,3D,4D,5D,6D;. The lowest BCUT2D eigenvalue weighted by molar-refractivity contribution is -0.150. The van der Waals surface area contributed by atoms with Crippen LogP contribution in [0.1, 0.15) is 25.4 Å². The molecule has 0 bridgehead atoms. The largest absolute Gasteiger partial charge is 0.477 e. The maximum absolute atomic E-state index is 12.6. The van der Waals surface area contributed by atoms with Gasteiger partial charge in [-0.15, -0.1) is 11.8 Å². The third kappa shape index (κ3) is 3.26. The monoisotopic (exact) mass is 370 g/mol. The number of nitrogens with one attached hydrogen (secondary N) is 1. The number of carbonyl (C=O) groups is 3. The minimum Gasteiger partial charge on any atom is -0.477 e. The zero-order valence-electron chi connectivity index (χ0n) is 18.0. The minimum atomic E-state index is -1.60. The van der Waals surface area contributed by atoms with Gasteiger partial charge in [-0.3, -0.25) is 14.5 Å². The maximum Gasteiger partial charge on any atom is 0.352 e. The Kier molecular flexibility index (Phi) is 3.75. The highest BCUT2D eigenvalue weighted by atomic mass is 32.2. The highest BCUT2D eigenvalue weighted by molar-refractivity contribution is 8.00. The molecule has 3 rings (SSSR count). The molecule has 134 valence electrons. The molecule has 2 aliphatic rings. The van der Waals surface area contributed by atoms with Gasteiger partial charge in [0.2, 0.25) is 5.91 Å². The molecular formula is C16H19N3O5S. The number of rotatable bonds is 4. The number of fused-ring (bicyclic) bond motifs is 1. The van der Waals surface area contributed by atoms with E-state index in [1.807, 2.05) is 0 Å². The number of carboxylic acid groups (broad SMARTS) is 1. The number of carbonyl (C=O) groups excluding carboxylic acids is 2. The number of hydrogen-bond donors (Lipinski definition) is 3. The molecule has 2 amide bonds. The van der Waals surface area contributed by atoms with Gasteiger partial charge in [0, 0.05) is 5.75 Å². The summed E-state index contributed by atoms with van der Waals surface area (Å²) in [5, 5.41) is 11.1. The molecule has 8 nitrogen and oxygen atoms in total. The topological polar surface area (TPSA) is 144 Å². The van der Waals surface area contributed by atoms with Crippen molar-refractivity contribution in [1.82, 2.24) is 10.2 Å². The fourth-order valence-electron chi connectivity index (χ4n) is 2.56. The number of carboxylic acids is 1. The highest BCUT2D eigenvalue weighted by Gasteiger charge is 2.53. The van der Waals surface area contributed by atoms with Gasteiger partial charge >= 0.3 is 5.97 Å². The molecule has 0 spiro atoms. The van der Waals surface area contributed by atoms with E-state index in [-0.39, 0.29) is 16.7 Å². The number of amides is 2. The summed E-state index contributed by atoms with van der Waals surface area (Å²) in [5.41, 5.74) is 5.89. The van der Waals surface area contributed by atoms with Gasteiger partial charge in [-0.1, -0.05) is 30.2 Å². The fraction of sp³-hybridized carbons (Fsp3) is 0.312. The van der Waals surface area contributed by atoms with Crippen LogP contribution in [0.15, 0.2) is 41.5 Å². The van der Waals surface area contributed by atoms with E-state index in [2.05, 4.69) is 5.32 Å². The second-order valence-electron chi connectivity index (χ2n) is 5.35. The van der Waals surface area contributed by atoms with Crippen molar-refractivity contribution < 1.29 is 31.8 Å². The lowest BCUT2D eigenvalue weighted by Crippen LogP contribution is -2.71. The third-order valence-corrected chi connectivity index (χ3v) is 5.20. The Morgan fingerprint density at radius 1 is 1.44 bits per heavy atom. The average Bonchev–Trinajstić information content (AvgIpc) is 2.68. The summed E-state index contributed by atoms with van der Waals surface area (Å²) in [6, 6.07) is -5.67. The molecule has 1 aromatic rings. The zero-order valence-corrected chi connectivity index (χ0v) is 13.9. The number of nitrogens with two attached hydrogens (primary N) is 1. The van der Waals surface area contributed by atoms with E-state index in [0.29, 0.717) is 11.3 Å². The fourth-order valence-corrected chi connectivity index (χ4v) is 3.86. The summed E-state index contributed by atoms with van der Waals surface area (Å²) in [6.07, 6.45) is 0. The van der Waals surface area contributed by atoms with E-state index in [4.69, 9.17) is 12.6 Å². The van der Waals surface area contributed by atoms with Crippen molar-refractivity contribution >= 4 is 29.5 Å². The normalized spacial score (nSPS) is 25.9. The molecule has 25 heavy (non-hydrogen) atoms. The first kappa shape index (κ1) is 12.9. The smallest absolute Gasteiger partial charge is 0.352 e. The quantitative estimate of drug-likeness (QED) is 0.616. The van der Waals surface area contributed by atoms with Crippen LogP contribution in [0.25, 0.3) is 0 Å². The van der Waals surface area contributed by atoms with Gasteiger partial charge in [-0.05, 0) is 18.1 Å². The Bertz CT molecular complexity index is 960. The van der Waals surface area contributed by atoms with Crippen molar-refractivity contribution in [2.45, 2.75) is 24.4 Å². The van der Waals surface area contributed by atoms with Crippen LogP contribution < -0.4 is 11.1 Å². The summed E-state index contributed by atoms with van der Waals surface area (Å²) in [7, 11) is 0. The number of β-lactam (4-membered cyclic amide) rings is 1. The predicted molar refractivity (Wildman–Crippen MR) is 92.3 cm³/mol. The van der Waals surface area contributed by atoms with Gasteiger partial charge in [0.25, 0.3) is 5.91 Å². The Morgan fingerprint density at radius 2 is 2.08 bits per heavy atom. The van der Waals surface area contributed by atoms with Crippen molar-refractivity contribution in [3.05, 3.63) is 47.0 Å². The van der Waals surface area contributed by atoms with Gasteiger partial charge in [-0.25, -0.2) is 4.79 Å². The van der Waals surface area contributed by atoms with Crippen LogP contribution in [0.4, 0.5) is 0 Å². The molecule has 0 aromatic heterocycles. The molecule has 6 N–H and O–H groups in total. The number of hydrogen-bond acceptors (Lipinski definition) is 5. The minimum absolute atomic E-state index is 0. The molecule has 2 aliphatic heterocycles. The lowest BCUT2D eigenvalue weighted by atomic mass is 10.0. The molecule has 1 fully saturated rings. The van der Waals surface area contributed by atoms with Crippen LogP contribution in [-0.4, -0.2) is 50.4 Å². The summed E-state index contributed by atoms with van der Waals surface area (Å²) in [6.45, 7) is 1.61. The maximum atomic E-state index is 12.6. The molecule has 9 heteroatoms. The summed E-state index contributed by atoms with van der Waals surface area (Å²) in [5.74, 6) is -2.37. The molecule has 0 saturated carbocycles. The van der Waals surface area contributed by atoms with Crippen molar-refractivity contribution in [1.29, 1.82) is 0 Å². The van der Waals surface area contributed by atoms with Gasteiger partial charge in [-0.2, -0.15) is 0 Å². The van der Waals surface area contributed by atoms with Gasteiger partial charge in [0.15, 0.2) is 0 Å². The summed E-state index contributed by atoms with van der Waals surface area (Å²) < 4.78 is 38.7. The molecule has 2 heterocycles. The predicted octanol–water partition coefficient (Wildman–Crippen LogP) is -0.380. The Balaban J connectivity index is 0.00000320. The summed E-state index contributed by atoms with van der Waals surface area (Å²) in [4.78, 5) is 37.5. The van der Waals surface area contributed by atoms with E-state index >= 15 is 0 Å². The number of nitrogens with zero attached hydrogens (tertiary/aromatic N) is 1. The van der Waals surface area contributed by atoms with Crippen molar-refractivity contribution in [2.75, 3.05) is 5.75 Å². The van der Waals surface area contributed by atoms with Crippen LogP contribution in [-0.2, 0) is 14.4 Å². The van der Waals surface area contributed by atoms with E-state index in [1.165, 1.54) is 11.8 Å². The molecular weight excluding hydrogens is 346 g/mol. The van der Waals surface area contributed by atoms with Gasteiger partial charge < -0.3 is 21.6 Å². The van der Waals surface area contributed by atoms with E-state index in [1.54, 1.807) is 6.92 Å². The SMILES string of the molecule is O.[2H]c1c([2H])c([2H])c([C@@H](N)C(=O)N[C@@H]2C(=O)N3C(C(=O)O)=C(C)CSC23)c([2H])c1[2H]. The van der Waals surface area contributed by atoms with Crippen molar-refractivity contribution in [2.24, 2.45) is 5.73 Å². The van der Waals surface area contributed by atoms with Crippen LogP contribution in [0.3, 0.4) is 0 Å². The molecule has 3 atom stereocenters. The Hall–Kier alpha value is -2.36. The molecule has 1 aromatic carbocycles. The molecule has 0 aliphatic carbocycles. The van der Waals surface area contributed by atoms with Crippen molar-refractivity contribution in [3.63, 3.8) is 0 Å². The van der Waals surface area contributed by atoms with Crippen LogP contribution in [0, 0.1) is 0 Å².